The summed E-state index contributed by atoms with van der Waals surface area (Å²) >= 11 is 0. The van der Waals surface area contributed by atoms with Gasteiger partial charge in [-0.15, -0.1) is 0 Å². The van der Waals surface area contributed by atoms with Crippen LogP contribution >= 0.6 is 0 Å². The quantitative estimate of drug-likeness (QED) is 0.796. The molecule has 0 aliphatic rings. The minimum Gasteiger partial charge on any atom is -0.478 e. The lowest BCUT2D eigenvalue weighted by molar-refractivity contribution is 0.0696. The highest BCUT2D eigenvalue weighted by molar-refractivity contribution is 5.88. The molecule has 0 aliphatic heterocycles. The van der Waals surface area contributed by atoms with E-state index in [2.05, 4.69) is 24.1 Å². The van der Waals surface area contributed by atoms with Gasteiger partial charge in [-0.1, -0.05) is 19.8 Å². The number of aromatic carboxylic acids is 1. The summed E-state index contributed by atoms with van der Waals surface area (Å²) < 4.78 is 0. The van der Waals surface area contributed by atoms with Crippen molar-refractivity contribution < 1.29 is 9.90 Å². The Kier molecular flexibility index (Phi) is 4.94. The van der Waals surface area contributed by atoms with Crippen molar-refractivity contribution >= 4 is 11.8 Å². The van der Waals surface area contributed by atoms with Crippen LogP contribution in [0.5, 0.6) is 0 Å². The Labute approximate surface area is 102 Å². The number of aromatic nitrogens is 1. The van der Waals surface area contributed by atoms with Crippen molar-refractivity contribution in [3.8, 4) is 0 Å². The molecule has 0 aromatic carbocycles. The molecule has 1 heterocycles. The molecular weight excluding hydrogens is 216 g/mol. The number of rotatable bonds is 6. The lowest BCUT2D eigenvalue weighted by atomic mass is 10.1. The van der Waals surface area contributed by atoms with E-state index in [1.165, 1.54) is 0 Å². The number of nitrogens with zero attached hydrogens (tertiary/aromatic N) is 1. The zero-order valence-corrected chi connectivity index (χ0v) is 10.7. The van der Waals surface area contributed by atoms with Gasteiger partial charge in [0.15, 0.2) is 0 Å². The van der Waals surface area contributed by atoms with Crippen molar-refractivity contribution in [3.63, 3.8) is 0 Å². The van der Waals surface area contributed by atoms with Crippen molar-refractivity contribution in [2.24, 2.45) is 0 Å². The molecule has 0 spiro atoms. The maximum absolute atomic E-state index is 10.9. The van der Waals surface area contributed by atoms with Gasteiger partial charge in [0.25, 0.3) is 0 Å². The number of pyridine rings is 1. The first-order chi connectivity index (χ1) is 8.02. The maximum Gasteiger partial charge on any atom is 0.335 e. The van der Waals surface area contributed by atoms with Crippen molar-refractivity contribution in [3.05, 3.63) is 23.4 Å². The van der Waals surface area contributed by atoms with E-state index in [9.17, 15) is 4.79 Å². The van der Waals surface area contributed by atoms with Crippen LogP contribution in [0.15, 0.2) is 12.1 Å². The van der Waals surface area contributed by atoms with Crippen LogP contribution in [0.25, 0.3) is 0 Å². The third-order valence-corrected chi connectivity index (χ3v) is 2.59. The Hall–Kier alpha value is -1.58. The molecule has 94 valence electrons. The van der Waals surface area contributed by atoms with E-state index in [0.29, 0.717) is 11.9 Å². The fourth-order valence-corrected chi connectivity index (χ4v) is 1.70. The van der Waals surface area contributed by atoms with Crippen LogP contribution in [-0.4, -0.2) is 22.1 Å². The molecule has 0 amide bonds. The molecule has 0 radical (unpaired) electrons. The second-order valence-electron chi connectivity index (χ2n) is 4.38. The molecule has 4 nitrogen and oxygen atoms in total. The highest BCUT2D eigenvalue weighted by Gasteiger charge is 2.08. The largest absolute Gasteiger partial charge is 0.478 e. The first-order valence-corrected chi connectivity index (χ1v) is 6.01. The number of carbonyl (C=O) groups is 1. The van der Waals surface area contributed by atoms with Crippen LogP contribution < -0.4 is 5.32 Å². The molecule has 0 bridgehead atoms. The predicted molar refractivity (Wildman–Crippen MR) is 68.5 cm³/mol. The SMILES string of the molecule is CCCCC(C)Nc1cc(C(=O)O)cc(C)n1. The number of unbranched alkanes of at least 4 members (excludes halogenated alkanes) is 1. The highest BCUT2D eigenvalue weighted by atomic mass is 16.4. The van der Waals surface area contributed by atoms with Gasteiger partial charge >= 0.3 is 5.97 Å². The van der Waals surface area contributed by atoms with Gasteiger partial charge in [-0.25, -0.2) is 9.78 Å². The predicted octanol–water partition coefficient (Wildman–Crippen LogP) is 3.08. The maximum atomic E-state index is 10.9. The normalized spacial score (nSPS) is 12.2. The fraction of sp³-hybridized carbons (Fsp3) is 0.538. The molecule has 0 fully saturated rings. The van der Waals surface area contributed by atoms with E-state index < -0.39 is 5.97 Å². The molecule has 0 saturated carbocycles. The number of hydrogen-bond acceptors (Lipinski definition) is 3. The van der Waals surface area contributed by atoms with Gasteiger partial charge in [-0.3, -0.25) is 0 Å². The number of carboxylic acid groups (broad SMARTS) is 1. The van der Waals surface area contributed by atoms with Gasteiger partial charge in [-0.05, 0) is 32.4 Å². The van der Waals surface area contributed by atoms with Crippen LogP contribution in [0.3, 0.4) is 0 Å². The van der Waals surface area contributed by atoms with Crippen LogP contribution in [0.1, 0.15) is 49.2 Å². The molecule has 1 rings (SSSR count). The Morgan fingerprint density at radius 2 is 2.24 bits per heavy atom. The summed E-state index contributed by atoms with van der Waals surface area (Å²) in [4.78, 5) is 15.2. The number of anilines is 1. The second-order valence-corrected chi connectivity index (χ2v) is 4.38. The van der Waals surface area contributed by atoms with Crippen molar-refractivity contribution in [1.29, 1.82) is 0 Å². The van der Waals surface area contributed by atoms with E-state index in [1.54, 1.807) is 19.1 Å². The molecule has 1 atom stereocenters. The van der Waals surface area contributed by atoms with Gasteiger partial charge in [0.2, 0.25) is 0 Å². The second kappa shape index (κ2) is 6.23. The van der Waals surface area contributed by atoms with Gasteiger partial charge in [-0.2, -0.15) is 0 Å². The standard InChI is InChI=1S/C13H20N2O2/c1-4-5-6-9(2)14-12-8-11(13(16)17)7-10(3)15-12/h7-9H,4-6H2,1-3H3,(H,14,15)(H,16,17). The third-order valence-electron chi connectivity index (χ3n) is 2.59. The monoisotopic (exact) mass is 236 g/mol. The first-order valence-electron chi connectivity index (χ1n) is 6.01. The van der Waals surface area contributed by atoms with Crippen molar-refractivity contribution in [2.75, 3.05) is 5.32 Å². The Morgan fingerprint density at radius 1 is 1.53 bits per heavy atom. The summed E-state index contributed by atoms with van der Waals surface area (Å²) in [5.41, 5.74) is 0.998. The molecule has 17 heavy (non-hydrogen) atoms. The molecule has 1 aromatic rings. The van der Waals surface area contributed by atoms with Gasteiger partial charge in [0, 0.05) is 11.7 Å². The minimum atomic E-state index is -0.917. The Morgan fingerprint density at radius 3 is 2.82 bits per heavy atom. The third kappa shape index (κ3) is 4.43. The number of carboxylic acids is 1. The van der Waals surface area contributed by atoms with Gasteiger partial charge < -0.3 is 10.4 Å². The van der Waals surface area contributed by atoms with E-state index in [-0.39, 0.29) is 5.56 Å². The Bertz CT molecular complexity index is 391. The van der Waals surface area contributed by atoms with E-state index >= 15 is 0 Å². The lowest BCUT2D eigenvalue weighted by Gasteiger charge is -2.14. The minimum absolute atomic E-state index is 0.280. The zero-order valence-electron chi connectivity index (χ0n) is 10.7. The summed E-state index contributed by atoms with van der Waals surface area (Å²) in [6.07, 6.45) is 3.38. The molecule has 0 saturated heterocycles. The van der Waals surface area contributed by atoms with Gasteiger partial charge in [0.05, 0.1) is 5.56 Å². The van der Waals surface area contributed by atoms with E-state index in [0.717, 1.165) is 25.0 Å². The van der Waals surface area contributed by atoms with Crippen LogP contribution in [0.4, 0.5) is 5.82 Å². The average Bonchev–Trinajstić information content (AvgIpc) is 2.25. The number of hydrogen-bond donors (Lipinski definition) is 2. The van der Waals surface area contributed by atoms with Crippen molar-refractivity contribution in [2.45, 2.75) is 46.1 Å². The molecular formula is C13H20N2O2. The molecule has 2 N–H and O–H groups in total. The van der Waals surface area contributed by atoms with E-state index in [4.69, 9.17) is 5.11 Å². The van der Waals surface area contributed by atoms with Crippen molar-refractivity contribution in [1.82, 2.24) is 4.98 Å². The summed E-state index contributed by atoms with van der Waals surface area (Å²) in [5.74, 6) is -0.272. The topological polar surface area (TPSA) is 62.2 Å². The average molecular weight is 236 g/mol. The number of nitrogens with one attached hydrogen (secondary N) is 1. The van der Waals surface area contributed by atoms with E-state index in [1.807, 2.05) is 0 Å². The number of aryl methyl sites for hydroxylation is 1. The Balaban J connectivity index is 2.73. The zero-order chi connectivity index (χ0) is 12.8. The lowest BCUT2D eigenvalue weighted by Crippen LogP contribution is -2.16. The molecule has 1 aromatic heterocycles. The first kappa shape index (κ1) is 13.5. The molecule has 0 aliphatic carbocycles. The summed E-state index contributed by atoms with van der Waals surface area (Å²) in [7, 11) is 0. The fourth-order valence-electron chi connectivity index (χ4n) is 1.70. The smallest absolute Gasteiger partial charge is 0.335 e. The summed E-state index contributed by atoms with van der Waals surface area (Å²) in [6, 6.07) is 3.47. The van der Waals surface area contributed by atoms with Crippen LogP contribution in [0.2, 0.25) is 0 Å². The summed E-state index contributed by atoms with van der Waals surface area (Å²) in [6.45, 7) is 6.04. The highest BCUT2D eigenvalue weighted by Crippen LogP contribution is 2.13. The van der Waals surface area contributed by atoms with Gasteiger partial charge in [0.1, 0.15) is 5.82 Å². The van der Waals surface area contributed by atoms with Crippen LogP contribution in [0, 0.1) is 6.92 Å². The van der Waals surface area contributed by atoms with Crippen LogP contribution in [-0.2, 0) is 0 Å². The summed E-state index contributed by atoms with van der Waals surface area (Å²) in [5, 5.41) is 12.2. The molecule has 1 unspecified atom stereocenters. The molecule has 4 heteroatoms.